The van der Waals surface area contributed by atoms with Crippen molar-refractivity contribution in [2.24, 2.45) is 0 Å². The van der Waals surface area contributed by atoms with E-state index in [0.717, 1.165) is 50.3 Å². The number of hydrogen-bond donors (Lipinski definition) is 0. The largest absolute Gasteiger partial charge is 0.228 e. The van der Waals surface area contributed by atoms with Crippen molar-refractivity contribution >= 4 is 73.8 Å². The summed E-state index contributed by atoms with van der Waals surface area (Å²) in [6.45, 7) is 0. The molecule has 0 aliphatic rings. The molecule has 0 fully saturated rings. The van der Waals surface area contributed by atoms with Crippen LogP contribution in [0, 0.1) is 0 Å². The lowest BCUT2D eigenvalue weighted by atomic mass is 9.87. The third kappa shape index (κ3) is 5.68. The minimum atomic E-state index is 0.699. The van der Waals surface area contributed by atoms with Crippen molar-refractivity contribution < 1.29 is 0 Å². The first-order chi connectivity index (χ1) is 29.8. The summed E-state index contributed by atoms with van der Waals surface area (Å²) >= 11 is 3.67. The summed E-state index contributed by atoms with van der Waals surface area (Å²) in [6, 6.07) is 74.3. The summed E-state index contributed by atoms with van der Waals surface area (Å²) in [5, 5.41) is 7.43. The minimum Gasteiger partial charge on any atom is -0.228 e. The first-order valence-corrected chi connectivity index (χ1v) is 21.9. The van der Waals surface area contributed by atoms with E-state index in [4.69, 9.17) is 9.97 Å². The Bertz CT molecular complexity index is 3470. The highest BCUT2D eigenvalue weighted by Crippen LogP contribution is 2.47. The number of benzene rings is 9. The van der Waals surface area contributed by atoms with Gasteiger partial charge in [0.15, 0.2) is 5.82 Å². The standard InChI is InChI=1S/C56H34N2S2/c1-3-16-35(17-4-1)37-32-33-41(40-21-8-7-20-39(37)40)44-25-13-24-38(36-18-5-2-6-19-36)53(44)56-57-49(47-28-14-26-45-42-22-9-11-30-51(42)59-54(45)47)34-50(58-56)48-29-15-27-46-43-23-10-12-31-52(43)60-55(46)48/h1-34H. The molecule has 3 aromatic heterocycles. The normalized spacial score (nSPS) is 11.7. The maximum atomic E-state index is 5.66. The minimum absolute atomic E-state index is 0.699. The van der Waals surface area contributed by atoms with Gasteiger partial charge in [0.2, 0.25) is 0 Å². The smallest absolute Gasteiger partial charge is 0.161 e. The van der Waals surface area contributed by atoms with Gasteiger partial charge in [-0.05, 0) is 62.4 Å². The van der Waals surface area contributed by atoms with Gasteiger partial charge < -0.3 is 0 Å². The molecular weight excluding hydrogens is 765 g/mol. The number of aromatic nitrogens is 2. The Morgan fingerprint density at radius 1 is 0.283 bits per heavy atom. The molecule has 0 atom stereocenters. The molecule has 0 amide bonds. The van der Waals surface area contributed by atoms with Crippen LogP contribution in [0.5, 0.6) is 0 Å². The average molecular weight is 799 g/mol. The molecule has 12 rings (SSSR count). The van der Waals surface area contributed by atoms with Gasteiger partial charge in [-0.25, -0.2) is 9.97 Å². The average Bonchev–Trinajstić information content (AvgIpc) is 3.90. The third-order valence-corrected chi connectivity index (χ3v) is 14.2. The Kier molecular flexibility index (Phi) is 8.25. The number of fused-ring (bicyclic) bond motifs is 7. The number of rotatable bonds is 6. The Hall–Kier alpha value is -7.24. The first-order valence-electron chi connectivity index (χ1n) is 20.2. The van der Waals surface area contributed by atoms with Crippen LogP contribution in [0.15, 0.2) is 206 Å². The third-order valence-electron chi connectivity index (χ3n) is 11.8. The van der Waals surface area contributed by atoms with E-state index in [1.54, 1.807) is 0 Å². The lowest BCUT2D eigenvalue weighted by Gasteiger charge is -2.19. The number of hydrogen-bond acceptors (Lipinski definition) is 4. The molecule has 2 nitrogen and oxygen atoms in total. The molecule has 0 saturated carbocycles. The molecule has 0 radical (unpaired) electrons. The van der Waals surface area contributed by atoms with Crippen molar-refractivity contribution in [2.75, 3.05) is 0 Å². The van der Waals surface area contributed by atoms with E-state index < -0.39 is 0 Å². The molecular formula is C56H34N2S2. The molecule has 0 aliphatic heterocycles. The predicted octanol–water partition coefficient (Wildman–Crippen LogP) is 16.4. The van der Waals surface area contributed by atoms with Crippen molar-refractivity contribution in [3.8, 4) is 67.3 Å². The summed E-state index contributed by atoms with van der Waals surface area (Å²) in [4.78, 5) is 11.3. The van der Waals surface area contributed by atoms with E-state index in [1.807, 2.05) is 22.7 Å². The SMILES string of the molecule is c1ccc(-c2cccc(-c3ccc(-c4ccccc4)c4ccccc34)c2-c2nc(-c3cccc4c3sc3ccccc34)cc(-c3cccc4c3sc3ccccc34)n2)cc1. The summed E-state index contributed by atoms with van der Waals surface area (Å²) in [5.74, 6) is 0.699. The van der Waals surface area contributed by atoms with Gasteiger partial charge in [0.1, 0.15) is 0 Å². The molecule has 12 aromatic rings. The van der Waals surface area contributed by atoms with Gasteiger partial charge in [0.05, 0.1) is 11.4 Å². The van der Waals surface area contributed by atoms with Gasteiger partial charge in [-0.3, -0.25) is 0 Å². The zero-order chi connectivity index (χ0) is 39.6. The fourth-order valence-corrected chi connectivity index (χ4v) is 11.5. The van der Waals surface area contributed by atoms with Crippen LogP contribution < -0.4 is 0 Å². The van der Waals surface area contributed by atoms with Crippen molar-refractivity contribution in [3.63, 3.8) is 0 Å². The van der Waals surface area contributed by atoms with E-state index in [2.05, 4.69) is 206 Å². The Morgan fingerprint density at radius 2 is 0.700 bits per heavy atom. The fraction of sp³-hybridized carbons (Fsp3) is 0. The van der Waals surface area contributed by atoms with Crippen molar-refractivity contribution in [3.05, 3.63) is 206 Å². The van der Waals surface area contributed by atoms with Crippen LogP contribution in [0.4, 0.5) is 0 Å². The maximum absolute atomic E-state index is 5.66. The van der Waals surface area contributed by atoms with E-state index in [9.17, 15) is 0 Å². The summed E-state index contributed by atoms with van der Waals surface area (Å²) in [7, 11) is 0. The van der Waals surface area contributed by atoms with Crippen LogP contribution in [-0.2, 0) is 0 Å². The van der Waals surface area contributed by atoms with Gasteiger partial charge in [-0.2, -0.15) is 0 Å². The molecule has 0 unspecified atom stereocenters. The number of thiophene rings is 2. The van der Waals surface area contributed by atoms with Crippen LogP contribution in [0.25, 0.3) is 118 Å². The van der Waals surface area contributed by atoms with E-state index in [0.29, 0.717) is 5.82 Å². The van der Waals surface area contributed by atoms with Crippen molar-refractivity contribution in [1.29, 1.82) is 0 Å². The van der Waals surface area contributed by atoms with Gasteiger partial charge in [0, 0.05) is 57.0 Å². The summed E-state index contributed by atoms with van der Waals surface area (Å²) in [5.41, 5.74) is 11.9. The van der Waals surface area contributed by atoms with Crippen LogP contribution in [0.2, 0.25) is 0 Å². The topological polar surface area (TPSA) is 25.8 Å². The highest BCUT2D eigenvalue weighted by atomic mass is 32.1. The lowest BCUT2D eigenvalue weighted by molar-refractivity contribution is 1.19. The predicted molar refractivity (Wildman–Crippen MR) is 258 cm³/mol. The molecule has 0 aliphatic carbocycles. The molecule has 0 spiro atoms. The van der Waals surface area contributed by atoms with E-state index >= 15 is 0 Å². The second kappa shape index (κ2) is 14.2. The zero-order valence-corrected chi connectivity index (χ0v) is 34.0. The second-order valence-corrected chi connectivity index (χ2v) is 17.3. The van der Waals surface area contributed by atoms with Crippen LogP contribution in [0.1, 0.15) is 0 Å². The zero-order valence-electron chi connectivity index (χ0n) is 32.3. The molecule has 0 bridgehead atoms. The first kappa shape index (κ1) is 34.8. The molecule has 60 heavy (non-hydrogen) atoms. The molecule has 0 saturated heterocycles. The Labute approximate surface area is 355 Å². The molecule has 0 N–H and O–H groups in total. The summed E-state index contributed by atoms with van der Waals surface area (Å²) < 4.78 is 5.00. The number of nitrogens with zero attached hydrogens (tertiary/aromatic N) is 2. The van der Waals surface area contributed by atoms with Crippen molar-refractivity contribution in [1.82, 2.24) is 9.97 Å². The molecule has 9 aromatic carbocycles. The van der Waals surface area contributed by atoms with Crippen molar-refractivity contribution in [2.45, 2.75) is 0 Å². The molecule has 4 heteroatoms. The maximum Gasteiger partial charge on any atom is 0.161 e. The van der Waals surface area contributed by atoms with Crippen LogP contribution >= 0.6 is 22.7 Å². The highest BCUT2D eigenvalue weighted by molar-refractivity contribution is 7.26. The summed E-state index contributed by atoms with van der Waals surface area (Å²) in [6.07, 6.45) is 0. The molecule has 3 heterocycles. The van der Waals surface area contributed by atoms with E-state index in [1.165, 1.54) is 62.2 Å². The highest BCUT2D eigenvalue weighted by Gasteiger charge is 2.23. The van der Waals surface area contributed by atoms with Gasteiger partial charge in [0.25, 0.3) is 0 Å². The second-order valence-electron chi connectivity index (χ2n) is 15.2. The Morgan fingerprint density at radius 3 is 1.28 bits per heavy atom. The molecule has 280 valence electrons. The monoisotopic (exact) mass is 798 g/mol. The Balaban J connectivity index is 1.18. The van der Waals surface area contributed by atoms with E-state index in [-0.39, 0.29) is 0 Å². The van der Waals surface area contributed by atoms with Crippen LogP contribution in [-0.4, -0.2) is 9.97 Å². The lowest BCUT2D eigenvalue weighted by Crippen LogP contribution is -2.00. The fourth-order valence-electron chi connectivity index (χ4n) is 9.01. The van der Waals surface area contributed by atoms with Crippen LogP contribution in [0.3, 0.4) is 0 Å². The van der Waals surface area contributed by atoms with Gasteiger partial charge in [-0.15, -0.1) is 22.7 Å². The van der Waals surface area contributed by atoms with Gasteiger partial charge in [-0.1, -0.05) is 188 Å². The quantitative estimate of drug-likeness (QED) is 0.167. The van der Waals surface area contributed by atoms with Gasteiger partial charge >= 0.3 is 0 Å².